The highest BCUT2D eigenvalue weighted by atomic mass is 32.1. The van der Waals surface area contributed by atoms with Crippen LogP contribution in [0.15, 0.2) is 36.4 Å². The fourth-order valence-corrected chi connectivity index (χ4v) is 3.57. The number of nitrogens with two attached hydrogens (primary N) is 1. The van der Waals surface area contributed by atoms with E-state index in [1.54, 1.807) is 11.3 Å². The molecule has 1 atom stereocenters. The molecule has 2 aromatic rings. The monoisotopic (exact) mass is 287 g/mol. The SMILES string of the molecule is Cc1ccc(C(CN)N2CC(=O)Nc3ccccc32)s1. The summed E-state index contributed by atoms with van der Waals surface area (Å²) >= 11 is 1.74. The van der Waals surface area contributed by atoms with Gasteiger partial charge < -0.3 is 16.0 Å². The number of amides is 1. The Balaban J connectivity index is 2.02. The molecule has 104 valence electrons. The Morgan fingerprint density at radius 2 is 2.15 bits per heavy atom. The molecule has 0 radical (unpaired) electrons. The van der Waals surface area contributed by atoms with Gasteiger partial charge in [-0.3, -0.25) is 4.79 Å². The third-order valence-electron chi connectivity index (χ3n) is 3.49. The molecule has 1 aromatic heterocycles. The number of anilines is 2. The number of carbonyl (C=O) groups is 1. The molecule has 1 aliphatic heterocycles. The van der Waals surface area contributed by atoms with Gasteiger partial charge in [0.25, 0.3) is 0 Å². The van der Waals surface area contributed by atoms with Gasteiger partial charge >= 0.3 is 0 Å². The van der Waals surface area contributed by atoms with Gasteiger partial charge in [0.1, 0.15) is 0 Å². The van der Waals surface area contributed by atoms with Crippen LogP contribution in [0.1, 0.15) is 15.8 Å². The van der Waals surface area contributed by atoms with Gasteiger partial charge in [-0.15, -0.1) is 11.3 Å². The molecule has 1 aromatic carbocycles. The minimum atomic E-state index is 0.00966. The quantitative estimate of drug-likeness (QED) is 0.912. The van der Waals surface area contributed by atoms with Crippen molar-refractivity contribution in [2.75, 3.05) is 23.3 Å². The topological polar surface area (TPSA) is 58.4 Å². The molecular formula is C15H17N3OS. The Morgan fingerprint density at radius 1 is 1.35 bits per heavy atom. The van der Waals surface area contributed by atoms with Gasteiger partial charge in [0.05, 0.1) is 24.0 Å². The van der Waals surface area contributed by atoms with Gasteiger partial charge in [-0.1, -0.05) is 12.1 Å². The van der Waals surface area contributed by atoms with Crippen LogP contribution in [-0.4, -0.2) is 19.0 Å². The van der Waals surface area contributed by atoms with Gasteiger partial charge in [0.15, 0.2) is 0 Å². The highest BCUT2D eigenvalue weighted by Crippen LogP contribution is 2.36. The van der Waals surface area contributed by atoms with E-state index in [9.17, 15) is 4.79 Å². The van der Waals surface area contributed by atoms with E-state index in [-0.39, 0.29) is 11.9 Å². The zero-order valence-electron chi connectivity index (χ0n) is 11.3. The van der Waals surface area contributed by atoms with E-state index in [0.717, 1.165) is 11.4 Å². The van der Waals surface area contributed by atoms with E-state index in [2.05, 4.69) is 29.3 Å². The minimum absolute atomic E-state index is 0.00966. The number of nitrogens with zero attached hydrogens (tertiary/aromatic N) is 1. The van der Waals surface area contributed by atoms with Crippen molar-refractivity contribution in [1.82, 2.24) is 0 Å². The molecular weight excluding hydrogens is 270 g/mol. The van der Waals surface area contributed by atoms with Crippen molar-refractivity contribution in [3.8, 4) is 0 Å². The van der Waals surface area contributed by atoms with E-state index >= 15 is 0 Å². The number of para-hydroxylation sites is 2. The fourth-order valence-electron chi connectivity index (χ4n) is 2.57. The van der Waals surface area contributed by atoms with Gasteiger partial charge in [0, 0.05) is 16.3 Å². The highest BCUT2D eigenvalue weighted by Gasteiger charge is 2.28. The number of benzene rings is 1. The van der Waals surface area contributed by atoms with Crippen molar-refractivity contribution >= 4 is 28.6 Å². The number of thiophene rings is 1. The van der Waals surface area contributed by atoms with Crippen molar-refractivity contribution in [2.45, 2.75) is 13.0 Å². The third kappa shape index (κ3) is 2.30. The smallest absolute Gasteiger partial charge is 0.243 e. The summed E-state index contributed by atoms with van der Waals surface area (Å²) in [5.41, 5.74) is 7.87. The van der Waals surface area contributed by atoms with Crippen LogP contribution >= 0.6 is 11.3 Å². The Hall–Kier alpha value is -1.85. The van der Waals surface area contributed by atoms with Crippen molar-refractivity contribution < 1.29 is 4.79 Å². The first-order valence-corrected chi connectivity index (χ1v) is 7.42. The van der Waals surface area contributed by atoms with Crippen molar-refractivity contribution in [3.63, 3.8) is 0 Å². The summed E-state index contributed by atoms with van der Waals surface area (Å²) < 4.78 is 0. The van der Waals surface area contributed by atoms with E-state index in [0.29, 0.717) is 13.1 Å². The normalized spacial score (nSPS) is 15.7. The minimum Gasteiger partial charge on any atom is -0.351 e. The molecule has 3 N–H and O–H groups in total. The summed E-state index contributed by atoms with van der Waals surface area (Å²) in [6.45, 7) is 2.91. The second kappa shape index (κ2) is 5.26. The van der Waals surface area contributed by atoms with E-state index in [4.69, 9.17) is 5.73 Å². The lowest BCUT2D eigenvalue weighted by Crippen LogP contribution is -2.42. The van der Waals surface area contributed by atoms with Crippen LogP contribution in [0.25, 0.3) is 0 Å². The second-order valence-corrected chi connectivity index (χ2v) is 6.21. The molecule has 0 fully saturated rings. The molecule has 5 heteroatoms. The van der Waals surface area contributed by atoms with Crippen LogP contribution in [0.3, 0.4) is 0 Å². The van der Waals surface area contributed by atoms with Crippen LogP contribution in [-0.2, 0) is 4.79 Å². The number of carbonyl (C=O) groups excluding carboxylic acids is 1. The van der Waals surface area contributed by atoms with Crippen LogP contribution in [0.2, 0.25) is 0 Å². The lowest BCUT2D eigenvalue weighted by molar-refractivity contribution is -0.115. The summed E-state index contributed by atoms with van der Waals surface area (Å²) in [5, 5.41) is 2.91. The summed E-state index contributed by atoms with van der Waals surface area (Å²) in [5.74, 6) is 0.00966. The maximum absolute atomic E-state index is 11.9. The summed E-state index contributed by atoms with van der Waals surface area (Å²) in [6, 6.07) is 12.1. The molecule has 0 saturated heterocycles. The number of fused-ring (bicyclic) bond motifs is 1. The lowest BCUT2D eigenvalue weighted by atomic mass is 10.1. The van der Waals surface area contributed by atoms with Gasteiger partial charge in [0.2, 0.25) is 5.91 Å². The van der Waals surface area contributed by atoms with Crippen molar-refractivity contribution in [3.05, 3.63) is 46.2 Å². The average molecular weight is 287 g/mol. The maximum atomic E-state index is 11.9. The van der Waals surface area contributed by atoms with Crippen LogP contribution < -0.4 is 16.0 Å². The van der Waals surface area contributed by atoms with Crippen LogP contribution in [0, 0.1) is 6.92 Å². The largest absolute Gasteiger partial charge is 0.351 e. The van der Waals surface area contributed by atoms with Gasteiger partial charge in [-0.25, -0.2) is 0 Å². The molecule has 1 amide bonds. The molecule has 1 unspecified atom stereocenters. The van der Waals surface area contributed by atoms with Gasteiger partial charge in [-0.05, 0) is 31.2 Å². The fraction of sp³-hybridized carbons (Fsp3) is 0.267. The van der Waals surface area contributed by atoms with Gasteiger partial charge in [-0.2, -0.15) is 0 Å². The van der Waals surface area contributed by atoms with Crippen LogP contribution in [0.4, 0.5) is 11.4 Å². The Morgan fingerprint density at radius 3 is 2.85 bits per heavy atom. The Bertz CT molecular complexity index is 638. The number of hydrogen-bond acceptors (Lipinski definition) is 4. The molecule has 0 bridgehead atoms. The van der Waals surface area contributed by atoms with E-state index in [1.807, 2.05) is 24.3 Å². The first-order chi connectivity index (χ1) is 9.69. The lowest BCUT2D eigenvalue weighted by Gasteiger charge is -2.36. The molecule has 0 spiro atoms. The molecule has 1 aliphatic rings. The number of rotatable bonds is 3. The Labute approximate surface area is 122 Å². The molecule has 4 nitrogen and oxygen atoms in total. The first kappa shape index (κ1) is 13.1. The molecule has 3 rings (SSSR count). The predicted octanol–water partition coefficient (Wildman–Crippen LogP) is 2.52. The second-order valence-electron chi connectivity index (χ2n) is 4.89. The maximum Gasteiger partial charge on any atom is 0.243 e. The van der Waals surface area contributed by atoms with Crippen molar-refractivity contribution in [2.24, 2.45) is 5.73 Å². The zero-order chi connectivity index (χ0) is 14.1. The molecule has 0 saturated carbocycles. The van der Waals surface area contributed by atoms with E-state index < -0.39 is 0 Å². The van der Waals surface area contributed by atoms with Crippen LogP contribution in [0.5, 0.6) is 0 Å². The summed E-state index contributed by atoms with van der Waals surface area (Å²) in [4.78, 5) is 16.5. The Kier molecular flexibility index (Phi) is 3.46. The van der Waals surface area contributed by atoms with Crippen molar-refractivity contribution in [1.29, 1.82) is 0 Å². The number of nitrogens with one attached hydrogen (secondary N) is 1. The first-order valence-electron chi connectivity index (χ1n) is 6.61. The summed E-state index contributed by atoms with van der Waals surface area (Å²) in [6.07, 6.45) is 0. The zero-order valence-corrected chi connectivity index (χ0v) is 12.1. The predicted molar refractivity (Wildman–Crippen MR) is 83.3 cm³/mol. The third-order valence-corrected chi connectivity index (χ3v) is 4.59. The molecule has 0 aliphatic carbocycles. The number of aryl methyl sites for hydroxylation is 1. The average Bonchev–Trinajstić information content (AvgIpc) is 2.86. The molecule has 20 heavy (non-hydrogen) atoms. The highest BCUT2D eigenvalue weighted by molar-refractivity contribution is 7.12. The molecule has 2 heterocycles. The van der Waals surface area contributed by atoms with E-state index in [1.165, 1.54) is 9.75 Å². The standard InChI is InChI=1S/C15H17N3OS/c1-10-6-7-14(20-10)13(8-16)18-9-15(19)17-11-4-2-3-5-12(11)18/h2-7,13H,8-9,16H2,1H3,(H,17,19). The summed E-state index contributed by atoms with van der Waals surface area (Å²) in [7, 11) is 0. The number of hydrogen-bond donors (Lipinski definition) is 2.